The first-order valence-electron chi connectivity index (χ1n) is 24.2. The summed E-state index contributed by atoms with van der Waals surface area (Å²) in [5.74, 6) is 0.694. The first-order valence-corrected chi connectivity index (χ1v) is 24.2. The van der Waals surface area contributed by atoms with E-state index in [0.717, 1.165) is 96.8 Å². The maximum Gasteiger partial charge on any atom is 0.306 e. The van der Waals surface area contributed by atoms with Gasteiger partial charge in [-0.15, -0.1) is 0 Å². The summed E-state index contributed by atoms with van der Waals surface area (Å²) < 4.78 is 11.6. The van der Waals surface area contributed by atoms with Crippen LogP contribution in [0.15, 0.2) is 0 Å². The second-order valence-electron chi connectivity index (χ2n) is 16.7. The van der Waals surface area contributed by atoms with Crippen molar-refractivity contribution in [3.05, 3.63) is 0 Å². The van der Waals surface area contributed by atoms with Crippen LogP contribution >= 0.6 is 0 Å². The number of carbonyl (C=O) groups excluding carboxylic acids is 3. The molecule has 7 heteroatoms. The van der Waals surface area contributed by atoms with Gasteiger partial charge < -0.3 is 19.7 Å². The van der Waals surface area contributed by atoms with Gasteiger partial charge in [0.15, 0.2) is 0 Å². The maximum atomic E-state index is 12.8. The molecular formula is C48H96N2O5. The molecule has 0 radical (unpaired) electrons. The summed E-state index contributed by atoms with van der Waals surface area (Å²) in [7, 11) is 0. The number of hydrogen-bond donors (Lipinski definition) is 1. The highest BCUT2D eigenvalue weighted by atomic mass is 16.5. The molecule has 0 spiro atoms. The fourth-order valence-electron chi connectivity index (χ4n) is 7.71. The molecule has 0 bridgehead atoms. The minimum atomic E-state index is -0.0222. The fourth-order valence-corrected chi connectivity index (χ4v) is 7.71. The summed E-state index contributed by atoms with van der Waals surface area (Å²) in [6.45, 7) is 13.5. The number of unbranched alkanes of at least 4 members (excludes halogenated alkanes) is 20. The molecule has 0 atom stereocenters. The predicted molar refractivity (Wildman–Crippen MR) is 237 cm³/mol. The number of hydrogen-bond acceptors (Lipinski definition) is 6. The normalized spacial score (nSPS) is 11.5. The Morgan fingerprint density at radius 3 is 1.45 bits per heavy atom. The largest absolute Gasteiger partial charge is 0.466 e. The Morgan fingerprint density at radius 2 is 0.945 bits per heavy atom. The molecule has 0 fully saturated rings. The zero-order chi connectivity index (χ0) is 40.3. The Labute approximate surface area is 343 Å². The van der Waals surface area contributed by atoms with Crippen LogP contribution in [-0.4, -0.2) is 62.1 Å². The lowest BCUT2D eigenvalue weighted by Crippen LogP contribution is -2.29. The Balaban J connectivity index is 0. The highest BCUT2D eigenvalue weighted by Gasteiger charge is 2.15. The number of rotatable bonds is 45. The summed E-state index contributed by atoms with van der Waals surface area (Å²) >= 11 is 0. The van der Waals surface area contributed by atoms with E-state index in [9.17, 15) is 14.4 Å². The van der Waals surface area contributed by atoms with Gasteiger partial charge in [0.2, 0.25) is 6.41 Å². The van der Waals surface area contributed by atoms with Crippen LogP contribution in [0.1, 0.15) is 247 Å². The van der Waals surface area contributed by atoms with Crippen molar-refractivity contribution in [2.24, 2.45) is 5.92 Å². The zero-order valence-corrected chi connectivity index (χ0v) is 37.3. The van der Waals surface area contributed by atoms with E-state index in [0.29, 0.717) is 25.4 Å². The molecular weight excluding hydrogens is 685 g/mol. The lowest BCUT2D eigenvalue weighted by molar-refractivity contribution is -0.150. The summed E-state index contributed by atoms with van der Waals surface area (Å²) in [5, 5.41) is 2.80. The molecule has 0 aliphatic carbocycles. The van der Waals surface area contributed by atoms with Crippen molar-refractivity contribution in [1.82, 2.24) is 10.2 Å². The molecule has 0 aromatic rings. The number of nitrogens with one attached hydrogen (secondary N) is 1. The van der Waals surface area contributed by atoms with Crippen molar-refractivity contribution in [2.45, 2.75) is 252 Å². The first kappa shape index (κ1) is 53.4. The number of carbonyl (C=O) groups is 3. The lowest BCUT2D eigenvalue weighted by Gasteiger charge is -2.22. The monoisotopic (exact) mass is 781 g/mol. The molecule has 0 saturated carbocycles. The summed E-state index contributed by atoms with van der Waals surface area (Å²) in [5.41, 5.74) is 0. The number of esters is 2. The average Bonchev–Trinajstić information content (AvgIpc) is 3.18. The van der Waals surface area contributed by atoms with Gasteiger partial charge in [-0.2, -0.15) is 0 Å². The van der Waals surface area contributed by atoms with Crippen LogP contribution in [0.4, 0.5) is 0 Å². The van der Waals surface area contributed by atoms with Gasteiger partial charge >= 0.3 is 11.9 Å². The molecule has 1 N–H and O–H groups in total. The Hall–Kier alpha value is -1.63. The third-order valence-electron chi connectivity index (χ3n) is 11.4. The Bertz CT molecular complexity index is 807. The van der Waals surface area contributed by atoms with Gasteiger partial charge in [0, 0.05) is 20.8 Å². The van der Waals surface area contributed by atoms with Crippen LogP contribution in [0.5, 0.6) is 0 Å². The number of nitrogens with zero attached hydrogens (tertiary/aromatic N) is 1. The molecule has 0 aromatic carbocycles. The van der Waals surface area contributed by atoms with E-state index in [4.69, 9.17) is 9.47 Å². The van der Waals surface area contributed by atoms with Crippen molar-refractivity contribution in [3.63, 3.8) is 0 Å². The molecule has 0 unspecified atom stereocenters. The second kappa shape index (κ2) is 43.5. The zero-order valence-electron chi connectivity index (χ0n) is 37.3. The SMILES string of the molecule is CCCCCCCCC(CCCCCCCC)OC(=O)CCCCCCCN(CCCCCCCC(=O)OCCC(CCCC)CCCC)CCCNC=O.[HH]. The van der Waals surface area contributed by atoms with E-state index in [-0.39, 0.29) is 19.5 Å². The van der Waals surface area contributed by atoms with Gasteiger partial charge in [0.1, 0.15) is 6.10 Å². The Kier molecular flexibility index (Phi) is 42.2. The van der Waals surface area contributed by atoms with Crippen molar-refractivity contribution < 1.29 is 25.3 Å². The molecule has 1 amide bonds. The Morgan fingerprint density at radius 1 is 0.509 bits per heavy atom. The van der Waals surface area contributed by atoms with Crippen LogP contribution in [0, 0.1) is 5.92 Å². The van der Waals surface area contributed by atoms with Gasteiger partial charge in [-0.05, 0) is 89.8 Å². The minimum Gasteiger partial charge on any atom is -0.466 e. The van der Waals surface area contributed by atoms with E-state index in [1.54, 1.807) is 0 Å². The molecule has 0 heterocycles. The van der Waals surface area contributed by atoms with Crippen LogP contribution in [0.2, 0.25) is 0 Å². The highest BCUT2D eigenvalue weighted by molar-refractivity contribution is 5.69. The third kappa shape index (κ3) is 39.0. The molecule has 0 saturated heterocycles. The highest BCUT2D eigenvalue weighted by Crippen LogP contribution is 2.21. The summed E-state index contributed by atoms with van der Waals surface area (Å²) in [6.07, 6.45) is 40.0. The van der Waals surface area contributed by atoms with Gasteiger partial charge in [-0.3, -0.25) is 14.4 Å². The molecule has 0 aromatic heterocycles. The van der Waals surface area contributed by atoms with E-state index >= 15 is 0 Å². The van der Waals surface area contributed by atoms with Crippen LogP contribution in [-0.2, 0) is 23.9 Å². The molecule has 7 nitrogen and oxygen atoms in total. The molecule has 0 rings (SSSR count). The van der Waals surface area contributed by atoms with E-state index < -0.39 is 0 Å². The topological polar surface area (TPSA) is 84.9 Å². The van der Waals surface area contributed by atoms with Gasteiger partial charge in [0.05, 0.1) is 6.61 Å². The molecule has 55 heavy (non-hydrogen) atoms. The van der Waals surface area contributed by atoms with Gasteiger partial charge in [0.25, 0.3) is 0 Å². The molecule has 0 aliphatic heterocycles. The standard InChI is InChI=1S/C48H94N2O5.H2/c1-5-9-13-15-19-25-34-46(35-26-20-16-14-10-6-2)55-48(53)37-28-22-18-24-30-41-50(42-31-39-49-44-51)40-29-23-17-21-27-36-47(52)54-43-38-45(32-11-7-3)33-12-8-4;/h44-46H,5-43H2,1-4H3,(H,49,51);1H. The third-order valence-corrected chi connectivity index (χ3v) is 11.4. The van der Waals surface area contributed by atoms with E-state index in [1.165, 1.54) is 141 Å². The smallest absolute Gasteiger partial charge is 0.306 e. The minimum absolute atomic E-state index is 0. The quantitative estimate of drug-likeness (QED) is 0.0376. The van der Waals surface area contributed by atoms with E-state index in [2.05, 4.69) is 37.9 Å². The van der Waals surface area contributed by atoms with E-state index in [1.807, 2.05) is 0 Å². The second-order valence-corrected chi connectivity index (χ2v) is 16.7. The first-order chi connectivity index (χ1) is 27.0. The van der Waals surface area contributed by atoms with Crippen molar-refractivity contribution >= 4 is 18.3 Å². The van der Waals surface area contributed by atoms with Crippen molar-refractivity contribution in [2.75, 3.05) is 32.8 Å². The maximum absolute atomic E-state index is 12.8. The summed E-state index contributed by atoms with van der Waals surface area (Å²) in [6, 6.07) is 0. The van der Waals surface area contributed by atoms with Crippen LogP contribution in [0.3, 0.4) is 0 Å². The van der Waals surface area contributed by atoms with Crippen LogP contribution < -0.4 is 5.32 Å². The average molecular weight is 781 g/mol. The van der Waals surface area contributed by atoms with Gasteiger partial charge in [-0.1, -0.05) is 169 Å². The lowest BCUT2D eigenvalue weighted by atomic mass is 9.93. The van der Waals surface area contributed by atoms with Gasteiger partial charge in [-0.25, -0.2) is 0 Å². The van der Waals surface area contributed by atoms with Crippen molar-refractivity contribution in [3.8, 4) is 0 Å². The molecule has 0 aliphatic rings. The number of amides is 1. The predicted octanol–water partition coefficient (Wildman–Crippen LogP) is 13.7. The molecule has 328 valence electrons. The number of ether oxygens (including phenoxy) is 2. The van der Waals surface area contributed by atoms with Crippen molar-refractivity contribution in [1.29, 1.82) is 0 Å². The summed E-state index contributed by atoms with van der Waals surface area (Å²) in [4.78, 5) is 38.3. The van der Waals surface area contributed by atoms with Crippen LogP contribution in [0.25, 0.3) is 0 Å². The fraction of sp³-hybridized carbons (Fsp3) is 0.938.